The monoisotopic (exact) mass is 225 g/mol. The van der Waals surface area contributed by atoms with Crippen LogP contribution in [0.5, 0.6) is 0 Å². The van der Waals surface area contributed by atoms with E-state index in [1.165, 1.54) is 22.2 Å². The molecular weight excluding hydrogens is 214 g/mol. The van der Waals surface area contributed by atoms with Gasteiger partial charge in [-0.25, -0.2) is 0 Å². The van der Waals surface area contributed by atoms with E-state index in [-0.39, 0.29) is 6.04 Å². The summed E-state index contributed by atoms with van der Waals surface area (Å²) in [5.41, 5.74) is 2.30. The third-order valence-electron chi connectivity index (χ3n) is 2.17. The van der Waals surface area contributed by atoms with E-state index in [1.807, 2.05) is 13.2 Å². The first-order chi connectivity index (χ1) is 6.83. The van der Waals surface area contributed by atoms with Gasteiger partial charge in [0.1, 0.15) is 0 Å². The van der Waals surface area contributed by atoms with E-state index in [0.29, 0.717) is 0 Å². The Bertz CT molecular complexity index is 394. The standard InChI is InChI=1S/C9H11N3S2/c1-6-7(3-4-13-6)9(10-2)8-5-11-14-12-8/h3-5,9-10H,1-2H3. The molecule has 0 aliphatic heterocycles. The van der Waals surface area contributed by atoms with Gasteiger partial charge in [0.2, 0.25) is 0 Å². The van der Waals surface area contributed by atoms with Gasteiger partial charge in [0.25, 0.3) is 0 Å². The van der Waals surface area contributed by atoms with E-state index >= 15 is 0 Å². The number of rotatable bonds is 3. The molecule has 0 aliphatic rings. The van der Waals surface area contributed by atoms with Crippen molar-refractivity contribution in [2.45, 2.75) is 13.0 Å². The van der Waals surface area contributed by atoms with Gasteiger partial charge in [-0.2, -0.15) is 8.75 Å². The Kier molecular flexibility index (Phi) is 2.90. The fraction of sp³-hybridized carbons (Fsp3) is 0.333. The van der Waals surface area contributed by atoms with Crippen molar-refractivity contribution in [2.24, 2.45) is 0 Å². The molecule has 3 nitrogen and oxygen atoms in total. The molecule has 74 valence electrons. The Morgan fingerprint density at radius 2 is 2.36 bits per heavy atom. The van der Waals surface area contributed by atoms with Crippen molar-refractivity contribution >= 4 is 23.1 Å². The molecule has 0 saturated heterocycles. The van der Waals surface area contributed by atoms with Gasteiger partial charge in [0.15, 0.2) is 0 Å². The maximum absolute atomic E-state index is 4.26. The van der Waals surface area contributed by atoms with Gasteiger partial charge in [-0.15, -0.1) is 11.3 Å². The van der Waals surface area contributed by atoms with Crippen LogP contribution in [0.4, 0.5) is 0 Å². The summed E-state index contributed by atoms with van der Waals surface area (Å²) in [6.45, 7) is 2.13. The largest absolute Gasteiger partial charge is 0.308 e. The average molecular weight is 225 g/mol. The summed E-state index contributed by atoms with van der Waals surface area (Å²) in [5, 5.41) is 5.36. The van der Waals surface area contributed by atoms with Crippen molar-refractivity contribution in [2.75, 3.05) is 7.05 Å². The molecule has 0 fully saturated rings. The Hall–Kier alpha value is -0.780. The molecule has 0 aliphatic carbocycles. The normalized spacial score (nSPS) is 13.0. The minimum atomic E-state index is 0.181. The van der Waals surface area contributed by atoms with Gasteiger partial charge in [-0.05, 0) is 31.0 Å². The quantitative estimate of drug-likeness (QED) is 0.870. The van der Waals surface area contributed by atoms with Crippen LogP contribution in [0, 0.1) is 6.92 Å². The van der Waals surface area contributed by atoms with Gasteiger partial charge in [-0.3, -0.25) is 0 Å². The van der Waals surface area contributed by atoms with Crippen molar-refractivity contribution in [3.8, 4) is 0 Å². The van der Waals surface area contributed by atoms with E-state index in [0.717, 1.165) is 5.69 Å². The first-order valence-corrected chi connectivity index (χ1v) is 5.92. The van der Waals surface area contributed by atoms with Crippen LogP contribution < -0.4 is 5.32 Å². The molecule has 0 bridgehead atoms. The Balaban J connectivity index is 2.36. The highest BCUT2D eigenvalue weighted by Crippen LogP contribution is 2.26. The summed E-state index contributed by atoms with van der Waals surface area (Å²) < 4.78 is 8.28. The minimum Gasteiger partial charge on any atom is -0.308 e. The lowest BCUT2D eigenvalue weighted by Crippen LogP contribution is -2.17. The summed E-state index contributed by atoms with van der Waals surface area (Å²) in [6, 6.07) is 2.32. The third-order valence-corrected chi connectivity index (χ3v) is 3.53. The van der Waals surface area contributed by atoms with Crippen LogP contribution >= 0.6 is 23.1 Å². The molecule has 0 spiro atoms. The number of aromatic nitrogens is 2. The molecule has 0 radical (unpaired) electrons. The number of hydrogen-bond donors (Lipinski definition) is 1. The van der Waals surface area contributed by atoms with E-state index in [9.17, 15) is 0 Å². The molecular formula is C9H11N3S2. The summed E-state index contributed by atoms with van der Waals surface area (Å²) in [5.74, 6) is 0. The second-order valence-electron chi connectivity index (χ2n) is 2.99. The zero-order chi connectivity index (χ0) is 9.97. The molecule has 0 aromatic carbocycles. The highest BCUT2D eigenvalue weighted by molar-refractivity contribution is 7.10. The Morgan fingerprint density at radius 3 is 2.86 bits per heavy atom. The van der Waals surface area contributed by atoms with Crippen molar-refractivity contribution < 1.29 is 0 Å². The zero-order valence-corrected chi connectivity index (χ0v) is 9.65. The molecule has 1 atom stereocenters. The molecule has 5 heteroatoms. The van der Waals surface area contributed by atoms with Crippen LogP contribution in [0.25, 0.3) is 0 Å². The minimum absolute atomic E-state index is 0.181. The van der Waals surface area contributed by atoms with Gasteiger partial charge in [0, 0.05) is 4.88 Å². The fourth-order valence-corrected chi connectivity index (χ4v) is 2.65. The van der Waals surface area contributed by atoms with Crippen molar-refractivity contribution in [3.05, 3.63) is 33.8 Å². The smallest absolute Gasteiger partial charge is 0.0957 e. The van der Waals surface area contributed by atoms with E-state index in [2.05, 4.69) is 32.4 Å². The number of nitrogens with one attached hydrogen (secondary N) is 1. The lowest BCUT2D eigenvalue weighted by molar-refractivity contribution is 0.676. The molecule has 2 rings (SSSR count). The van der Waals surface area contributed by atoms with Gasteiger partial charge in [0.05, 0.1) is 29.7 Å². The molecule has 2 aromatic rings. The average Bonchev–Trinajstić information content (AvgIpc) is 2.80. The first kappa shape index (κ1) is 9.76. The SMILES string of the molecule is CNC(c1cnsn1)c1ccsc1C. The van der Waals surface area contributed by atoms with Crippen LogP contribution in [0.1, 0.15) is 22.2 Å². The predicted molar refractivity (Wildman–Crippen MR) is 59.9 cm³/mol. The molecule has 1 unspecified atom stereocenters. The zero-order valence-electron chi connectivity index (χ0n) is 8.02. The number of nitrogens with zero attached hydrogens (tertiary/aromatic N) is 2. The van der Waals surface area contributed by atoms with Crippen LogP contribution in [-0.4, -0.2) is 15.8 Å². The molecule has 0 saturated carbocycles. The van der Waals surface area contributed by atoms with Crippen LogP contribution in [0.2, 0.25) is 0 Å². The van der Waals surface area contributed by atoms with Crippen LogP contribution in [0.3, 0.4) is 0 Å². The second kappa shape index (κ2) is 4.16. The Morgan fingerprint density at radius 1 is 1.50 bits per heavy atom. The lowest BCUT2D eigenvalue weighted by Gasteiger charge is -2.12. The number of aryl methyl sites for hydroxylation is 1. The van der Waals surface area contributed by atoms with Crippen molar-refractivity contribution in [1.82, 2.24) is 14.1 Å². The molecule has 14 heavy (non-hydrogen) atoms. The maximum atomic E-state index is 4.26. The highest BCUT2D eigenvalue weighted by Gasteiger charge is 2.16. The van der Waals surface area contributed by atoms with Gasteiger partial charge < -0.3 is 5.32 Å². The third kappa shape index (κ3) is 1.70. The fourth-order valence-electron chi connectivity index (χ4n) is 1.46. The van der Waals surface area contributed by atoms with Crippen molar-refractivity contribution in [1.29, 1.82) is 0 Å². The number of hydrogen-bond acceptors (Lipinski definition) is 5. The second-order valence-corrected chi connectivity index (χ2v) is 4.66. The molecule has 2 aromatic heterocycles. The molecule has 1 N–H and O–H groups in total. The van der Waals surface area contributed by atoms with Crippen molar-refractivity contribution in [3.63, 3.8) is 0 Å². The predicted octanol–water partition coefficient (Wildman–Crippen LogP) is 2.22. The van der Waals surface area contributed by atoms with E-state index in [4.69, 9.17) is 0 Å². The highest BCUT2D eigenvalue weighted by atomic mass is 32.1. The van der Waals surface area contributed by atoms with Gasteiger partial charge >= 0.3 is 0 Å². The first-order valence-electron chi connectivity index (χ1n) is 4.31. The lowest BCUT2D eigenvalue weighted by atomic mass is 10.1. The topological polar surface area (TPSA) is 37.8 Å². The summed E-state index contributed by atoms with van der Waals surface area (Å²) >= 11 is 3.01. The van der Waals surface area contributed by atoms with Crippen LogP contribution in [0.15, 0.2) is 17.6 Å². The molecule has 2 heterocycles. The summed E-state index contributed by atoms with van der Waals surface area (Å²) in [7, 11) is 1.95. The maximum Gasteiger partial charge on any atom is 0.0957 e. The summed E-state index contributed by atoms with van der Waals surface area (Å²) in [4.78, 5) is 1.33. The van der Waals surface area contributed by atoms with Gasteiger partial charge in [-0.1, -0.05) is 0 Å². The molecule has 0 amide bonds. The number of thiophene rings is 1. The van der Waals surface area contributed by atoms with E-state index in [1.54, 1.807) is 11.3 Å². The van der Waals surface area contributed by atoms with E-state index < -0.39 is 0 Å². The summed E-state index contributed by atoms with van der Waals surface area (Å²) in [6.07, 6.45) is 1.82. The Labute approximate surface area is 91.1 Å². The van der Waals surface area contributed by atoms with Crippen LogP contribution in [-0.2, 0) is 0 Å².